The summed E-state index contributed by atoms with van der Waals surface area (Å²) >= 11 is 0. The van der Waals surface area contributed by atoms with Crippen LogP contribution in [0.5, 0.6) is 63.2 Å². The molecule has 15 aromatic rings. The van der Waals surface area contributed by atoms with Crippen LogP contribution >= 0.6 is 0 Å². The number of β-amino-alcohol motifs (C(OH)–C–C–N with tert-alkyl or cyclic N) is 1. The van der Waals surface area contributed by atoms with Crippen molar-refractivity contribution in [1.82, 2.24) is 35.3 Å². The Morgan fingerprint density at radius 1 is 0.496 bits per heavy atom. The van der Waals surface area contributed by atoms with Gasteiger partial charge in [-0.15, -0.1) is 0 Å². The van der Waals surface area contributed by atoms with Crippen molar-refractivity contribution in [2.24, 2.45) is 11.7 Å². The van der Waals surface area contributed by atoms with Gasteiger partial charge in [0.25, 0.3) is 5.69 Å². The number of anilines is 2. The zero-order valence-electron chi connectivity index (χ0n) is 73.1. The molecule has 0 bridgehead atoms. The largest absolute Gasteiger partial charge is 0.562 e. The Hall–Kier alpha value is -18.2. The number of rotatable bonds is 14. The summed E-state index contributed by atoms with van der Waals surface area (Å²) < 4.78 is 142. The van der Waals surface area contributed by atoms with Gasteiger partial charge in [-0.2, -0.15) is 34.7 Å². The number of nitrogens with one attached hydrogen (secondary N) is 2. The number of phenolic OH excluding ortho intramolecular Hbond substituents is 1. The number of hydrogen-bond donors (Lipinski definition) is 8. The van der Waals surface area contributed by atoms with Crippen LogP contribution in [0, 0.1) is 78.3 Å². The van der Waals surface area contributed by atoms with E-state index in [-0.39, 0.29) is 121 Å². The van der Waals surface area contributed by atoms with Crippen LogP contribution in [-0.4, -0.2) is 96.8 Å². The molecule has 1 atom stereocenters. The van der Waals surface area contributed by atoms with Gasteiger partial charge in [0.05, 0.1) is 63.3 Å². The first-order valence-electron chi connectivity index (χ1n) is 39.9. The molecule has 1 aliphatic heterocycles. The van der Waals surface area contributed by atoms with E-state index < -0.39 is 18.6 Å². The Kier molecular flexibility index (Phi) is 56.0. The van der Waals surface area contributed by atoms with Crippen molar-refractivity contribution in [3.63, 3.8) is 0 Å². The molecule has 12 N–H and O–H groups in total. The summed E-state index contributed by atoms with van der Waals surface area (Å²) in [7, 11) is 0.406. The number of aromatic nitrogens is 6. The SMILES string of the molecule is C.C.C.C.C.C.CC(C)(C)OC(=O)N1CC[C@H](O)C1.Fc1cccc(Oc2ccccc2)c1.N#Cc1ccc(F)cc1.NN.Nc1ncnc2n[nH]c(-c3ccc(Oc4cccc(F)c4)cc3)c12.O=C=O.Oc1cccc(F)c1.[2H]CF.[C-]#[N+]C([N+]#[C-])=C(OC)c1ccc(Oc2cccc(F)c2)cc1.[C-]#[N+]c1c(N)n[nH]c1-c1ccc(Oc2cccc(F)c2)cc1.[C-]#[N+]c1ccc(Oc2cccc(F)c2)cc1. The Bertz CT molecular complexity index is 6540. The average Bonchev–Trinajstić information content (AvgIpc) is 1.66. The van der Waals surface area contributed by atoms with E-state index in [0.29, 0.717) is 122 Å². The second-order valence-electron chi connectivity index (χ2n) is 27.4. The molecule has 1 amide bonds. The van der Waals surface area contributed by atoms with E-state index in [1.54, 1.807) is 146 Å². The quantitative estimate of drug-likeness (QED) is 0.0165. The predicted molar refractivity (Wildman–Crippen MR) is 530 cm³/mol. The Labute approximate surface area is 815 Å². The van der Waals surface area contributed by atoms with Crippen molar-refractivity contribution in [3.8, 4) is 91.8 Å². The number of alkyl halides is 1. The highest BCUT2D eigenvalue weighted by Gasteiger charge is 2.29. The van der Waals surface area contributed by atoms with E-state index >= 15 is 0 Å². The second kappa shape index (κ2) is 65.4. The Morgan fingerprint density at radius 2 is 0.865 bits per heavy atom. The maximum absolute atomic E-state index is 13.2. The van der Waals surface area contributed by atoms with Gasteiger partial charge in [0.1, 0.15) is 135 Å². The number of carbonyl (C=O) groups is 1. The molecule has 1 saturated heterocycles. The van der Waals surface area contributed by atoms with Crippen LogP contribution in [0.25, 0.3) is 58.7 Å². The van der Waals surface area contributed by atoms with Gasteiger partial charge < -0.3 is 59.7 Å². The number of aliphatic hydroxyl groups excluding tert-OH is 1. The molecule has 0 spiro atoms. The summed E-state index contributed by atoms with van der Waals surface area (Å²) in [6.07, 6.45) is 1.56. The third-order valence-electron chi connectivity index (χ3n) is 16.7. The van der Waals surface area contributed by atoms with Gasteiger partial charge >= 0.3 is 18.1 Å². The normalized spacial score (nSPS) is 10.4. The van der Waals surface area contributed by atoms with E-state index in [1.807, 2.05) is 69.3 Å². The number of nitriles is 1. The Morgan fingerprint density at radius 3 is 1.21 bits per heavy atom. The van der Waals surface area contributed by atoms with E-state index in [1.165, 1.54) is 121 Å². The van der Waals surface area contributed by atoms with E-state index in [4.69, 9.17) is 92.2 Å². The molecule has 0 unspecified atom stereocenters. The van der Waals surface area contributed by atoms with Gasteiger partial charge in [-0.1, -0.05) is 123 Å². The topological polar surface area (TPSA) is 388 Å². The van der Waals surface area contributed by atoms with Crippen molar-refractivity contribution < 1.29 is 94.2 Å². The van der Waals surface area contributed by atoms with Crippen LogP contribution in [-0.2, 0) is 19.1 Å². The van der Waals surface area contributed by atoms with Crippen LogP contribution in [0.3, 0.4) is 0 Å². The first kappa shape index (κ1) is 121. The lowest BCUT2D eigenvalue weighted by Crippen LogP contribution is -2.35. The molecule has 16 rings (SSSR count). The molecule has 0 saturated carbocycles. The fourth-order valence-corrected chi connectivity index (χ4v) is 10.9. The number of benzene rings is 12. The van der Waals surface area contributed by atoms with Gasteiger partial charge in [-0.05, 0) is 215 Å². The van der Waals surface area contributed by atoms with Crippen molar-refractivity contribution in [2.45, 2.75) is 83.5 Å². The predicted octanol–water partition coefficient (Wildman–Crippen LogP) is 27.0. The van der Waals surface area contributed by atoms with Crippen LogP contribution in [0.15, 0.2) is 309 Å². The number of nitrogens with two attached hydrogens (primary N) is 4. The highest BCUT2D eigenvalue weighted by atomic mass is 19.2. The monoisotopic (exact) mass is 1940 g/mol. The lowest BCUT2D eigenvalue weighted by molar-refractivity contribution is -0.191. The lowest BCUT2D eigenvalue weighted by Gasteiger charge is -2.24. The fourth-order valence-electron chi connectivity index (χ4n) is 10.9. The number of ether oxygens (including phenoxy) is 7. The summed E-state index contributed by atoms with van der Waals surface area (Å²) in [5.74, 6) is 11.3. The number of amides is 1. The number of hydrogen-bond acceptors (Lipinski definition) is 21. The molecule has 4 heterocycles. The number of halogens is 8. The maximum Gasteiger partial charge on any atom is 0.562 e. The van der Waals surface area contributed by atoms with E-state index in [9.17, 15) is 45.0 Å². The van der Waals surface area contributed by atoms with Crippen LogP contribution in [0.1, 0.15) is 84.2 Å². The number of hydrazine groups is 1. The number of phenols is 1. The van der Waals surface area contributed by atoms with Gasteiger partial charge in [-0.3, -0.25) is 26.3 Å². The fraction of sp³-hybridized carbons (Fsp3) is 0.152. The molecular formula is C105H108F8N16O12. The van der Waals surface area contributed by atoms with Crippen molar-refractivity contribution in [2.75, 3.05) is 38.8 Å². The molecule has 3 aromatic heterocycles. The molecular weight excluding hydrogens is 1830 g/mol. The zero-order chi connectivity index (χ0) is 99.3. The standard InChI is InChI=1S/C17H12FN5O.C17H11FN2O2.C16H11FN4O.C13H8FNO.C12H9FO.C9H17NO3.C7H4FN.C6H5FO.CH3F.CO2.6CH4.H4N2/c18-11-2-1-3-13(8-11)24-12-6-4-10(5-7-12)15-14-16(19)20-9-21-17(14)23-22-15;1-19-17(20-2)16(21-3)12-7-9-14(10-8-12)22-15-6-4-5-13(18)11-15;1-19-15-14(20-21-16(15)18)10-5-7-12(8-6-10)22-13-4-2-3-11(17)9-13;1-15-11-5-7-12(8-6-11)16-13-4-2-3-10(14)9-13;13-10-5-4-8-12(9-10)14-11-6-2-1-3-7-11;1-9(2,3)13-8(12)10-5-4-7(11)6-10;8-7-3-1-6(5-9)2-4-7;7-5-2-1-3-6(8)4-5;1-2;2-1-3;;;;;;;1-2/h1-9H,(H3,19,20,21,22,23);4-11H,3H3;2-9H,(H3,18,20,21);2-9H;1-9H;7,11H,4-6H2,1-3H3;1-4H;1-4,8H;1H3;;6*1H4;1-2H2/t;;;;;7-;;;;;;;;;;;/m.....0.........../s1/i;;;;;;;;1D;;;;;;;;. The average molecular weight is 1940 g/mol. The second-order valence-corrected chi connectivity index (χ2v) is 27.4. The first-order chi connectivity index (χ1) is 65.5. The number of aliphatic hydroxyl groups is 1. The third-order valence-corrected chi connectivity index (χ3v) is 16.7. The van der Waals surface area contributed by atoms with Crippen molar-refractivity contribution >= 4 is 52.0 Å². The highest BCUT2D eigenvalue weighted by Crippen LogP contribution is 2.36. The summed E-state index contributed by atoms with van der Waals surface area (Å²) in [5, 5.41) is 40.3. The van der Waals surface area contributed by atoms with Gasteiger partial charge in [0, 0.05) is 60.6 Å². The number of likely N-dealkylation sites (tertiary alicyclic amines) is 1. The van der Waals surface area contributed by atoms with Gasteiger partial charge in [0.2, 0.25) is 5.76 Å². The molecule has 12 aromatic carbocycles. The van der Waals surface area contributed by atoms with Crippen LogP contribution < -0.4 is 46.8 Å². The summed E-state index contributed by atoms with van der Waals surface area (Å²) in [6.45, 7) is 34.3. The highest BCUT2D eigenvalue weighted by molar-refractivity contribution is 5.97. The molecule has 0 radical (unpaired) electrons. The summed E-state index contributed by atoms with van der Waals surface area (Å²) in [5.41, 5.74) is 16.4. The van der Waals surface area contributed by atoms with Crippen LogP contribution in [0.4, 0.5) is 62.9 Å². The van der Waals surface area contributed by atoms with E-state index in [0.717, 1.165) is 22.9 Å². The lowest BCUT2D eigenvalue weighted by atomic mass is 10.1. The number of nitrogens with zero attached hydrogens (tertiary/aromatic N) is 10. The zero-order valence-corrected chi connectivity index (χ0v) is 72.1. The number of aromatic amines is 2. The third kappa shape index (κ3) is 42.9. The molecule has 0 aliphatic carbocycles. The van der Waals surface area contributed by atoms with Crippen molar-refractivity contribution in [3.05, 3.63) is 407 Å². The minimum absolute atomic E-state index is 0. The minimum Gasteiger partial charge on any atom is -0.508 e. The molecule has 1 aliphatic rings. The minimum atomic E-state index is -1.00. The number of H-pyrrole nitrogens is 2. The molecule has 36 heteroatoms. The molecule has 28 nitrogen and oxygen atoms in total. The number of carbonyl (C=O) groups excluding carboxylic acids is 3. The van der Waals surface area contributed by atoms with Crippen molar-refractivity contribution in [1.29, 1.82) is 5.26 Å². The molecule has 141 heavy (non-hydrogen) atoms. The Balaban J connectivity index is 0.00000160. The molecule has 1 fully saturated rings. The number of aromatic hydroxyl groups is 1. The number of para-hydroxylation sites is 1. The van der Waals surface area contributed by atoms with E-state index in [2.05, 4.69) is 61.4 Å². The number of methoxy groups -OCH3 is 1. The maximum atomic E-state index is 13.2. The summed E-state index contributed by atoms with van der Waals surface area (Å²) in [4.78, 5) is 50.2. The summed E-state index contributed by atoms with van der Waals surface area (Å²) in [6, 6.07) is 79.1. The molecule has 736 valence electrons. The van der Waals surface area contributed by atoms with Crippen LogP contribution in [0.2, 0.25) is 0 Å². The smallest absolute Gasteiger partial charge is 0.508 e. The number of fused-ring (bicyclic) bond motifs is 1. The number of nitrogen functional groups attached to an aromatic ring is 2. The van der Waals surface area contributed by atoms with Gasteiger partial charge in [0.15, 0.2) is 17.2 Å². The first-order valence-corrected chi connectivity index (χ1v) is 39.1. The van der Waals surface area contributed by atoms with Gasteiger partial charge in [-0.25, -0.2) is 55.2 Å².